The van der Waals surface area contributed by atoms with Crippen LogP contribution < -0.4 is 4.74 Å². The summed E-state index contributed by atoms with van der Waals surface area (Å²) in [5, 5.41) is 8.80. The van der Waals surface area contributed by atoms with Crippen LogP contribution in [0, 0.1) is 0 Å². The van der Waals surface area contributed by atoms with Gasteiger partial charge in [0.15, 0.2) is 0 Å². The summed E-state index contributed by atoms with van der Waals surface area (Å²) in [6.07, 6.45) is 0.681. The maximum Gasteiger partial charge on any atom is 0.122 e. The van der Waals surface area contributed by atoms with Gasteiger partial charge in [-0.15, -0.1) is 11.3 Å². The van der Waals surface area contributed by atoms with Crippen molar-refractivity contribution in [3.05, 3.63) is 51.2 Å². The molecule has 0 radical (unpaired) electrons. The van der Waals surface area contributed by atoms with Gasteiger partial charge in [-0.05, 0) is 36.2 Å². The number of thiophene rings is 1. The van der Waals surface area contributed by atoms with E-state index in [0.717, 1.165) is 20.5 Å². The van der Waals surface area contributed by atoms with E-state index in [1.165, 1.54) is 11.3 Å². The predicted molar refractivity (Wildman–Crippen MR) is 70.9 cm³/mol. The average Bonchev–Trinajstić information content (AvgIpc) is 2.75. The molecule has 0 bridgehead atoms. The van der Waals surface area contributed by atoms with Crippen molar-refractivity contribution < 1.29 is 9.84 Å². The quantitative estimate of drug-likeness (QED) is 0.899. The summed E-state index contributed by atoms with van der Waals surface area (Å²) in [5.41, 5.74) is 1.11. The lowest BCUT2D eigenvalue weighted by Crippen LogP contribution is -1.94. The molecule has 2 rings (SSSR count). The van der Waals surface area contributed by atoms with Gasteiger partial charge in [-0.25, -0.2) is 0 Å². The third kappa shape index (κ3) is 3.73. The molecule has 1 N–H and O–H groups in total. The number of aliphatic hydroxyl groups is 1. The van der Waals surface area contributed by atoms with Crippen LogP contribution in [0.5, 0.6) is 5.75 Å². The van der Waals surface area contributed by atoms with E-state index in [0.29, 0.717) is 13.0 Å². The summed E-state index contributed by atoms with van der Waals surface area (Å²) in [6, 6.07) is 11.6. The Kier molecular flexibility index (Phi) is 4.42. The Morgan fingerprint density at radius 2 is 1.88 bits per heavy atom. The molecule has 2 aromatic rings. The van der Waals surface area contributed by atoms with Crippen LogP contribution in [0.3, 0.4) is 0 Å². The number of hydrogen-bond acceptors (Lipinski definition) is 3. The van der Waals surface area contributed by atoms with Crippen molar-refractivity contribution in [3.8, 4) is 5.75 Å². The van der Waals surface area contributed by atoms with Gasteiger partial charge in [0.2, 0.25) is 0 Å². The summed E-state index contributed by atoms with van der Waals surface area (Å²) in [7, 11) is 0. The van der Waals surface area contributed by atoms with Gasteiger partial charge in [0.05, 0.1) is 4.34 Å². The van der Waals surface area contributed by atoms with E-state index >= 15 is 0 Å². The van der Waals surface area contributed by atoms with Crippen LogP contribution in [0.1, 0.15) is 10.4 Å². The monoisotopic (exact) mass is 268 g/mol. The van der Waals surface area contributed by atoms with Gasteiger partial charge in [0.25, 0.3) is 0 Å². The van der Waals surface area contributed by atoms with Crippen LogP contribution in [-0.4, -0.2) is 11.7 Å². The summed E-state index contributed by atoms with van der Waals surface area (Å²) in [5.74, 6) is 0.830. The molecule has 4 heteroatoms. The molecule has 0 saturated carbocycles. The number of rotatable bonds is 5. The molecule has 2 nitrogen and oxygen atoms in total. The van der Waals surface area contributed by atoms with Crippen LogP contribution in [0.15, 0.2) is 36.4 Å². The molecule has 0 unspecified atom stereocenters. The predicted octanol–water partition coefficient (Wildman–Crippen LogP) is 3.52. The number of halogens is 1. The second-order valence-corrected chi connectivity index (χ2v) is 5.41. The van der Waals surface area contributed by atoms with Crippen molar-refractivity contribution in [3.63, 3.8) is 0 Å². The molecule has 0 fully saturated rings. The highest BCUT2D eigenvalue weighted by molar-refractivity contribution is 7.16. The van der Waals surface area contributed by atoms with Crippen molar-refractivity contribution in [1.29, 1.82) is 0 Å². The SMILES string of the molecule is OCCc1ccc(OCc2ccc(Cl)s2)cc1. The summed E-state index contributed by atoms with van der Waals surface area (Å²) < 4.78 is 6.41. The van der Waals surface area contributed by atoms with Gasteiger partial charge in [-0.2, -0.15) is 0 Å². The van der Waals surface area contributed by atoms with E-state index in [1.54, 1.807) is 0 Å². The first-order valence-electron chi connectivity index (χ1n) is 5.35. The van der Waals surface area contributed by atoms with Crippen LogP contribution in [-0.2, 0) is 13.0 Å². The molecule has 0 saturated heterocycles. The van der Waals surface area contributed by atoms with E-state index in [1.807, 2.05) is 36.4 Å². The summed E-state index contributed by atoms with van der Waals surface area (Å²) in [6.45, 7) is 0.713. The minimum Gasteiger partial charge on any atom is -0.488 e. The van der Waals surface area contributed by atoms with Crippen molar-refractivity contribution in [2.24, 2.45) is 0 Å². The largest absolute Gasteiger partial charge is 0.488 e. The van der Waals surface area contributed by atoms with E-state index in [2.05, 4.69) is 0 Å². The van der Waals surface area contributed by atoms with Crippen LogP contribution in [0.25, 0.3) is 0 Å². The minimum absolute atomic E-state index is 0.175. The van der Waals surface area contributed by atoms with Crippen molar-refractivity contribution >= 4 is 22.9 Å². The maximum absolute atomic E-state index is 8.80. The summed E-state index contributed by atoms with van der Waals surface area (Å²) in [4.78, 5) is 1.11. The highest BCUT2D eigenvalue weighted by Gasteiger charge is 2.00. The fraction of sp³-hybridized carbons (Fsp3) is 0.231. The highest BCUT2D eigenvalue weighted by Crippen LogP contribution is 2.23. The molecule has 0 aliphatic carbocycles. The molecular formula is C13H13ClO2S. The molecule has 17 heavy (non-hydrogen) atoms. The van der Waals surface area contributed by atoms with Gasteiger partial charge in [-0.3, -0.25) is 0 Å². The second-order valence-electron chi connectivity index (χ2n) is 3.61. The maximum atomic E-state index is 8.80. The minimum atomic E-state index is 0.175. The van der Waals surface area contributed by atoms with E-state index < -0.39 is 0 Å². The van der Waals surface area contributed by atoms with Gasteiger partial charge >= 0.3 is 0 Å². The second kappa shape index (κ2) is 6.05. The number of benzene rings is 1. The standard InChI is InChI=1S/C13H13ClO2S/c14-13-6-5-12(17-13)9-16-11-3-1-10(2-4-11)7-8-15/h1-6,15H,7-9H2. The van der Waals surface area contributed by atoms with Gasteiger partial charge < -0.3 is 9.84 Å². The zero-order chi connectivity index (χ0) is 12.1. The molecule has 0 spiro atoms. The Bertz CT molecular complexity index is 465. The zero-order valence-electron chi connectivity index (χ0n) is 9.23. The molecule has 1 aromatic heterocycles. The highest BCUT2D eigenvalue weighted by atomic mass is 35.5. The number of hydrogen-bond donors (Lipinski definition) is 1. The molecule has 90 valence electrons. The molecule has 0 aliphatic rings. The first-order chi connectivity index (χ1) is 8.28. The Balaban J connectivity index is 1.90. The lowest BCUT2D eigenvalue weighted by atomic mass is 10.1. The fourth-order valence-electron chi connectivity index (χ4n) is 1.47. The van der Waals surface area contributed by atoms with Gasteiger partial charge in [0.1, 0.15) is 12.4 Å². The van der Waals surface area contributed by atoms with Crippen LogP contribution >= 0.6 is 22.9 Å². The average molecular weight is 269 g/mol. The van der Waals surface area contributed by atoms with Crippen LogP contribution in [0.2, 0.25) is 4.34 Å². The molecular weight excluding hydrogens is 256 g/mol. The molecule has 0 atom stereocenters. The molecule has 0 aliphatic heterocycles. The van der Waals surface area contributed by atoms with Gasteiger partial charge in [0, 0.05) is 11.5 Å². The Labute approximate surface area is 109 Å². The van der Waals surface area contributed by atoms with Crippen LogP contribution in [0.4, 0.5) is 0 Å². The smallest absolute Gasteiger partial charge is 0.122 e. The topological polar surface area (TPSA) is 29.5 Å². The Hall–Kier alpha value is -1.03. The van der Waals surface area contributed by atoms with E-state index in [4.69, 9.17) is 21.4 Å². The third-order valence-corrected chi connectivity index (χ3v) is 3.54. The van der Waals surface area contributed by atoms with Gasteiger partial charge in [-0.1, -0.05) is 23.7 Å². The van der Waals surface area contributed by atoms with E-state index in [-0.39, 0.29) is 6.61 Å². The Morgan fingerprint density at radius 1 is 1.12 bits per heavy atom. The van der Waals surface area contributed by atoms with Crippen molar-refractivity contribution in [2.75, 3.05) is 6.61 Å². The van der Waals surface area contributed by atoms with Crippen molar-refractivity contribution in [1.82, 2.24) is 0 Å². The first kappa shape index (κ1) is 12.4. The third-order valence-electron chi connectivity index (χ3n) is 2.33. The molecule has 1 heterocycles. The molecule has 0 amide bonds. The summed E-state index contributed by atoms with van der Waals surface area (Å²) >= 11 is 7.36. The normalized spacial score (nSPS) is 10.5. The first-order valence-corrected chi connectivity index (χ1v) is 6.54. The van der Waals surface area contributed by atoms with E-state index in [9.17, 15) is 0 Å². The number of aliphatic hydroxyl groups excluding tert-OH is 1. The number of ether oxygens (including phenoxy) is 1. The lowest BCUT2D eigenvalue weighted by molar-refractivity contribution is 0.298. The molecule has 1 aromatic carbocycles. The lowest BCUT2D eigenvalue weighted by Gasteiger charge is -2.05. The zero-order valence-corrected chi connectivity index (χ0v) is 10.8. The van der Waals surface area contributed by atoms with Crippen molar-refractivity contribution in [2.45, 2.75) is 13.0 Å². The Morgan fingerprint density at radius 3 is 2.47 bits per heavy atom. The fourth-order valence-corrected chi connectivity index (χ4v) is 2.47.